The van der Waals surface area contributed by atoms with Crippen LogP contribution in [0.15, 0.2) is 11.6 Å². The normalized spacial score (nSPS) is 33.9. The molecule has 1 fully saturated rings. The highest BCUT2D eigenvalue weighted by Crippen LogP contribution is 2.44. The molecule has 0 saturated heterocycles. The van der Waals surface area contributed by atoms with Crippen LogP contribution in [0.2, 0.25) is 0 Å². The van der Waals surface area contributed by atoms with E-state index < -0.39 is 0 Å². The first-order valence-electron chi connectivity index (χ1n) is 7.63. The molecule has 0 heterocycles. The van der Waals surface area contributed by atoms with Crippen LogP contribution in [0.25, 0.3) is 0 Å². The highest BCUT2D eigenvalue weighted by Gasteiger charge is 2.42. The fourth-order valence-corrected chi connectivity index (χ4v) is 4.21. The van der Waals surface area contributed by atoms with Crippen molar-refractivity contribution < 1.29 is 5.11 Å². The molecule has 18 heavy (non-hydrogen) atoms. The number of rotatable bonds is 3. The summed E-state index contributed by atoms with van der Waals surface area (Å²) in [7, 11) is 0. The predicted octanol–water partition coefficient (Wildman–Crippen LogP) is 3.25. The summed E-state index contributed by atoms with van der Waals surface area (Å²) in [6, 6.07) is 0. The number of hydrogen-bond donors (Lipinski definition) is 2. The lowest BCUT2D eigenvalue weighted by Gasteiger charge is -2.45. The van der Waals surface area contributed by atoms with E-state index in [-0.39, 0.29) is 11.5 Å². The molecule has 2 aliphatic carbocycles. The molecule has 2 nitrogen and oxygen atoms in total. The fourth-order valence-electron chi connectivity index (χ4n) is 4.21. The highest BCUT2D eigenvalue weighted by atomic mass is 16.3. The molecule has 0 aliphatic heterocycles. The van der Waals surface area contributed by atoms with E-state index in [9.17, 15) is 5.11 Å². The van der Waals surface area contributed by atoms with Crippen molar-refractivity contribution in [1.82, 2.24) is 0 Å². The molecule has 0 aromatic heterocycles. The maximum atomic E-state index is 10.9. The standard InChI is InChI=1S/C16H29NO/c1-12-8-13(2)10-14(9-12)15(18)16(11-17)6-4-3-5-7-16/h8,12,14-15,18H,3-7,9-11,17H2,1-2H3. The van der Waals surface area contributed by atoms with Crippen molar-refractivity contribution in [3.8, 4) is 0 Å². The number of aliphatic hydroxyl groups excluding tert-OH is 1. The van der Waals surface area contributed by atoms with E-state index in [1.165, 1.54) is 24.8 Å². The van der Waals surface area contributed by atoms with Gasteiger partial charge in [-0.2, -0.15) is 0 Å². The molecule has 2 rings (SSSR count). The van der Waals surface area contributed by atoms with Crippen LogP contribution < -0.4 is 5.73 Å². The lowest BCUT2D eigenvalue weighted by Crippen LogP contribution is -2.47. The quantitative estimate of drug-likeness (QED) is 0.756. The summed E-state index contributed by atoms with van der Waals surface area (Å²) in [6.07, 6.45) is 10.4. The van der Waals surface area contributed by atoms with Crippen LogP contribution in [-0.4, -0.2) is 17.8 Å². The zero-order valence-corrected chi connectivity index (χ0v) is 12.0. The largest absolute Gasteiger partial charge is 0.392 e. The van der Waals surface area contributed by atoms with Crippen molar-refractivity contribution in [1.29, 1.82) is 0 Å². The van der Waals surface area contributed by atoms with Crippen LogP contribution in [0.3, 0.4) is 0 Å². The second-order valence-electron chi connectivity index (χ2n) is 6.76. The van der Waals surface area contributed by atoms with Crippen LogP contribution >= 0.6 is 0 Å². The summed E-state index contributed by atoms with van der Waals surface area (Å²) in [5.74, 6) is 1.03. The molecule has 1 saturated carbocycles. The zero-order valence-electron chi connectivity index (χ0n) is 12.0. The Morgan fingerprint density at radius 3 is 2.61 bits per heavy atom. The van der Waals surface area contributed by atoms with Gasteiger partial charge in [-0.05, 0) is 44.4 Å². The molecule has 0 amide bonds. The Labute approximate surface area is 112 Å². The van der Waals surface area contributed by atoms with Gasteiger partial charge in [-0.3, -0.25) is 0 Å². The van der Waals surface area contributed by atoms with E-state index in [1.54, 1.807) is 0 Å². The van der Waals surface area contributed by atoms with Crippen molar-refractivity contribution in [3.63, 3.8) is 0 Å². The molecule has 0 aromatic rings. The topological polar surface area (TPSA) is 46.2 Å². The average Bonchev–Trinajstić information content (AvgIpc) is 2.37. The van der Waals surface area contributed by atoms with E-state index in [0.717, 1.165) is 25.7 Å². The molecule has 2 aliphatic rings. The maximum absolute atomic E-state index is 10.9. The molecular formula is C16H29NO. The van der Waals surface area contributed by atoms with Crippen molar-refractivity contribution in [2.24, 2.45) is 23.0 Å². The van der Waals surface area contributed by atoms with Crippen LogP contribution in [0, 0.1) is 17.3 Å². The minimum absolute atomic E-state index is 0.0141. The van der Waals surface area contributed by atoms with Gasteiger partial charge >= 0.3 is 0 Å². The number of aliphatic hydroxyl groups is 1. The van der Waals surface area contributed by atoms with Gasteiger partial charge < -0.3 is 10.8 Å². The van der Waals surface area contributed by atoms with Crippen LogP contribution in [0.1, 0.15) is 58.8 Å². The SMILES string of the molecule is CC1=CC(C)CC(C(O)C2(CN)CCCCC2)C1. The lowest BCUT2D eigenvalue weighted by molar-refractivity contribution is -0.0428. The van der Waals surface area contributed by atoms with Crippen molar-refractivity contribution in [2.45, 2.75) is 64.9 Å². The van der Waals surface area contributed by atoms with Crippen LogP contribution in [0.5, 0.6) is 0 Å². The molecule has 0 spiro atoms. The Hall–Kier alpha value is -0.340. The highest BCUT2D eigenvalue weighted by molar-refractivity contribution is 5.09. The number of nitrogens with two attached hydrogens (primary N) is 1. The van der Waals surface area contributed by atoms with Crippen molar-refractivity contribution in [2.75, 3.05) is 6.54 Å². The summed E-state index contributed by atoms with van der Waals surface area (Å²) in [4.78, 5) is 0. The molecular weight excluding hydrogens is 222 g/mol. The fraction of sp³-hybridized carbons (Fsp3) is 0.875. The Balaban J connectivity index is 2.09. The third-order valence-corrected chi connectivity index (χ3v) is 5.16. The van der Waals surface area contributed by atoms with Crippen LogP contribution in [0.4, 0.5) is 0 Å². The average molecular weight is 251 g/mol. The van der Waals surface area contributed by atoms with Gasteiger partial charge in [0.2, 0.25) is 0 Å². The van der Waals surface area contributed by atoms with Gasteiger partial charge in [0.1, 0.15) is 0 Å². The third-order valence-electron chi connectivity index (χ3n) is 5.16. The third kappa shape index (κ3) is 2.80. The first kappa shape index (κ1) is 14.1. The van der Waals surface area contributed by atoms with Gasteiger partial charge in [0.25, 0.3) is 0 Å². The van der Waals surface area contributed by atoms with Gasteiger partial charge in [0, 0.05) is 12.0 Å². The summed E-state index contributed by atoms with van der Waals surface area (Å²) in [5, 5.41) is 10.9. The van der Waals surface area contributed by atoms with E-state index in [1.807, 2.05) is 0 Å². The van der Waals surface area contributed by atoms with Gasteiger partial charge in [0.15, 0.2) is 0 Å². The van der Waals surface area contributed by atoms with E-state index in [4.69, 9.17) is 5.73 Å². The number of allylic oxidation sites excluding steroid dienone is 2. The minimum atomic E-state index is -0.200. The Kier molecular flexibility index (Phi) is 4.50. The molecule has 0 aromatic carbocycles. The predicted molar refractivity (Wildman–Crippen MR) is 76.2 cm³/mol. The molecule has 104 valence electrons. The van der Waals surface area contributed by atoms with Gasteiger partial charge in [-0.25, -0.2) is 0 Å². The van der Waals surface area contributed by atoms with Gasteiger partial charge in [0.05, 0.1) is 6.10 Å². The summed E-state index contributed by atoms with van der Waals surface area (Å²) in [5.41, 5.74) is 7.50. The van der Waals surface area contributed by atoms with Crippen molar-refractivity contribution >= 4 is 0 Å². The Morgan fingerprint density at radius 1 is 1.39 bits per heavy atom. The zero-order chi connectivity index (χ0) is 13.2. The minimum Gasteiger partial charge on any atom is -0.392 e. The molecule has 0 radical (unpaired) electrons. The molecule has 2 heteroatoms. The molecule has 3 N–H and O–H groups in total. The molecule has 3 unspecified atom stereocenters. The first-order valence-corrected chi connectivity index (χ1v) is 7.63. The second-order valence-corrected chi connectivity index (χ2v) is 6.76. The summed E-state index contributed by atoms with van der Waals surface area (Å²) < 4.78 is 0. The van der Waals surface area contributed by atoms with Gasteiger partial charge in [-0.15, -0.1) is 0 Å². The van der Waals surface area contributed by atoms with E-state index in [2.05, 4.69) is 19.9 Å². The van der Waals surface area contributed by atoms with Gasteiger partial charge in [-0.1, -0.05) is 37.8 Å². The lowest BCUT2D eigenvalue weighted by atomic mass is 9.64. The van der Waals surface area contributed by atoms with E-state index >= 15 is 0 Å². The van der Waals surface area contributed by atoms with Crippen LogP contribution in [-0.2, 0) is 0 Å². The summed E-state index contributed by atoms with van der Waals surface area (Å²) >= 11 is 0. The first-order chi connectivity index (χ1) is 8.57. The smallest absolute Gasteiger partial charge is 0.0639 e. The molecule has 0 bridgehead atoms. The Morgan fingerprint density at radius 2 is 2.06 bits per heavy atom. The monoisotopic (exact) mass is 251 g/mol. The summed E-state index contributed by atoms with van der Waals surface area (Å²) in [6.45, 7) is 5.12. The van der Waals surface area contributed by atoms with Crippen molar-refractivity contribution in [3.05, 3.63) is 11.6 Å². The maximum Gasteiger partial charge on any atom is 0.0639 e. The second kappa shape index (κ2) is 5.75. The Bertz CT molecular complexity index is 304. The molecule has 3 atom stereocenters. The number of hydrogen-bond acceptors (Lipinski definition) is 2. The van der Waals surface area contributed by atoms with E-state index in [0.29, 0.717) is 18.4 Å².